The van der Waals surface area contributed by atoms with Gasteiger partial charge in [0.15, 0.2) is 0 Å². The first-order valence-electron chi connectivity index (χ1n) is 5.65. The third-order valence-corrected chi connectivity index (χ3v) is 2.68. The highest BCUT2D eigenvalue weighted by Crippen LogP contribution is 2.08. The van der Waals surface area contributed by atoms with Gasteiger partial charge in [-0.2, -0.15) is 4.58 Å². The molecular weight excluding hydrogens is 212 g/mol. The molecule has 2 nitrogen and oxygen atoms in total. The van der Waals surface area contributed by atoms with Gasteiger partial charge >= 0.3 is 5.78 Å². The maximum absolute atomic E-state index is 10.7. The lowest BCUT2D eigenvalue weighted by molar-refractivity contribution is -0.938. The van der Waals surface area contributed by atoms with Crippen LogP contribution >= 0.6 is 0 Å². The van der Waals surface area contributed by atoms with Gasteiger partial charge in [-0.25, -0.2) is 0 Å². The van der Waals surface area contributed by atoms with Gasteiger partial charge < -0.3 is 5.26 Å². The molecule has 0 fully saturated rings. The van der Waals surface area contributed by atoms with Crippen LogP contribution in [0.4, 0.5) is 0 Å². The highest BCUT2D eigenvalue weighted by molar-refractivity contribution is 5.96. The van der Waals surface area contributed by atoms with Gasteiger partial charge in [-0.15, -0.1) is 0 Å². The Morgan fingerprint density at radius 3 is 2.06 bits per heavy atom. The Morgan fingerprint density at radius 1 is 0.882 bits per heavy atom. The quantitative estimate of drug-likeness (QED) is 0.341. The molecule has 2 heteroatoms. The van der Waals surface area contributed by atoms with Gasteiger partial charge in [0.25, 0.3) is 0 Å². The van der Waals surface area contributed by atoms with Gasteiger partial charge in [-0.1, -0.05) is 48.5 Å². The zero-order valence-corrected chi connectivity index (χ0v) is 9.50. The molecule has 0 unspecified atom stereocenters. The molecule has 0 amide bonds. The van der Waals surface area contributed by atoms with E-state index in [1.165, 1.54) is 5.56 Å². The Bertz CT molecular complexity index is 475. The molecule has 2 aromatic rings. The van der Waals surface area contributed by atoms with Crippen molar-refractivity contribution in [2.24, 2.45) is 0 Å². The number of hydrogen-bond donors (Lipinski definition) is 0. The Balaban J connectivity index is 2.03. The number of carbonyl (C=O) groups excluding carboxylic acids is 1. The fourth-order valence-corrected chi connectivity index (χ4v) is 1.76. The maximum Gasteiger partial charge on any atom is 0.360 e. The molecule has 0 radical (unpaired) electrons. The summed E-state index contributed by atoms with van der Waals surface area (Å²) in [4.78, 5) is 0. The van der Waals surface area contributed by atoms with Crippen LogP contribution in [0, 0.1) is 0 Å². The Morgan fingerprint density at radius 2 is 1.47 bits per heavy atom. The second-order valence-electron chi connectivity index (χ2n) is 3.86. The van der Waals surface area contributed by atoms with Gasteiger partial charge in [-0.3, -0.25) is 0 Å². The molecule has 0 aliphatic rings. The van der Waals surface area contributed by atoms with E-state index in [0.29, 0.717) is 12.2 Å². The molecule has 86 valence electrons. The maximum atomic E-state index is 10.7. The molecule has 0 atom stereocenters. The molecule has 0 spiro atoms. The van der Waals surface area contributed by atoms with Crippen molar-refractivity contribution in [2.75, 3.05) is 0 Å². The van der Waals surface area contributed by atoms with E-state index in [0.717, 1.165) is 12.0 Å². The highest BCUT2D eigenvalue weighted by atomic mass is 17.1. The molecule has 17 heavy (non-hydrogen) atoms. The SMILES string of the molecule is [O-][O+]=C(CCc1ccccc1)c1ccccc1. The van der Waals surface area contributed by atoms with E-state index in [1.54, 1.807) is 0 Å². The van der Waals surface area contributed by atoms with E-state index >= 15 is 0 Å². The molecule has 0 bridgehead atoms. The van der Waals surface area contributed by atoms with Crippen LogP contribution in [0.3, 0.4) is 0 Å². The van der Waals surface area contributed by atoms with E-state index in [9.17, 15) is 5.26 Å². The first-order valence-corrected chi connectivity index (χ1v) is 5.65. The standard InChI is InChI=1S/C15H14O2/c16-17-15(14-9-5-2-6-10-14)12-11-13-7-3-1-4-8-13/h1-10H,11-12H2. The first kappa shape index (κ1) is 11.4. The van der Waals surface area contributed by atoms with Crippen LogP contribution in [0.2, 0.25) is 0 Å². The minimum atomic E-state index is 0.495. The number of ketones is 1. The summed E-state index contributed by atoms with van der Waals surface area (Å²) < 4.78 is 4.22. The molecular formula is C15H14O2. The number of hydrogen-bond acceptors (Lipinski definition) is 1. The van der Waals surface area contributed by atoms with Crippen molar-refractivity contribution in [1.82, 2.24) is 0 Å². The third-order valence-electron chi connectivity index (χ3n) is 2.68. The molecule has 0 saturated heterocycles. The fraction of sp³-hybridized carbons (Fsp3) is 0.133. The molecule has 0 saturated carbocycles. The third kappa shape index (κ3) is 3.18. The second kappa shape index (κ2) is 5.85. The van der Waals surface area contributed by atoms with E-state index < -0.39 is 0 Å². The highest BCUT2D eigenvalue weighted by Gasteiger charge is 2.14. The van der Waals surface area contributed by atoms with E-state index in [4.69, 9.17) is 0 Å². The number of benzene rings is 2. The molecule has 0 aliphatic heterocycles. The Labute approximate surface area is 101 Å². The van der Waals surface area contributed by atoms with Crippen LogP contribution in [-0.4, -0.2) is 5.78 Å². The van der Waals surface area contributed by atoms with Crippen LogP contribution in [0.25, 0.3) is 0 Å². The summed E-state index contributed by atoms with van der Waals surface area (Å²) in [6.45, 7) is 0. The predicted octanol–water partition coefficient (Wildman–Crippen LogP) is 2.31. The summed E-state index contributed by atoms with van der Waals surface area (Å²) in [7, 11) is 0. The van der Waals surface area contributed by atoms with Gasteiger partial charge in [0.2, 0.25) is 0 Å². The lowest BCUT2D eigenvalue weighted by Crippen LogP contribution is -2.08. The Kier molecular flexibility index (Phi) is 3.92. The van der Waals surface area contributed by atoms with Gasteiger partial charge in [0.05, 0.1) is 12.0 Å². The smallest absolute Gasteiger partial charge is 0.360 e. The molecule has 0 aliphatic carbocycles. The minimum Gasteiger partial charge on any atom is -0.462 e. The van der Waals surface area contributed by atoms with Crippen molar-refractivity contribution < 1.29 is 9.83 Å². The lowest BCUT2D eigenvalue weighted by Gasteiger charge is -1.98. The summed E-state index contributed by atoms with van der Waals surface area (Å²) in [5, 5.41) is 10.7. The van der Waals surface area contributed by atoms with Crippen LogP contribution in [-0.2, 0) is 6.42 Å². The van der Waals surface area contributed by atoms with Crippen molar-refractivity contribution >= 4 is 5.78 Å². The molecule has 0 aromatic heterocycles. The summed E-state index contributed by atoms with van der Waals surface area (Å²) in [5.41, 5.74) is 2.07. The van der Waals surface area contributed by atoms with Crippen molar-refractivity contribution in [3.05, 3.63) is 71.8 Å². The Hall–Kier alpha value is -2.09. The van der Waals surface area contributed by atoms with Crippen LogP contribution in [0.1, 0.15) is 22.1 Å². The molecule has 2 rings (SSSR count). The normalized spacial score (nSPS) is 11.4. The summed E-state index contributed by atoms with van der Waals surface area (Å²) in [6.07, 6.45) is 1.44. The van der Waals surface area contributed by atoms with Crippen LogP contribution in [0.15, 0.2) is 60.7 Å². The zero-order chi connectivity index (χ0) is 11.9. The van der Waals surface area contributed by atoms with Crippen molar-refractivity contribution in [3.63, 3.8) is 0 Å². The minimum absolute atomic E-state index is 0.495. The molecule has 0 N–H and O–H groups in total. The lowest BCUT2D eigenvalue weighted by atomic mass is 10.0. The van der Waals surface area contributed by atoms with Gasteiger partial charge in [0, 0.05) is 0 Å². The van der Waals surface area contributed by atoms with Crippen LogP contribution < -0.4 is 5.26 Å². The summed E-state index contributed by atoms with van der Waals surface area (Å²) in [6, 6.07) is 19.6. The molecule has 0 heterocycles. The largest absolute Gasteiger partial charge is 0.462 e. The monoisotopic (exact) mass is 226 g/mol. The average molecular weight is 226 g/mol. The van der Waals surface area contributed by atoms with Gasteiger partial charge in [0.1, 0.15) is 0 Å². The number of rotatable bonds is 4. The second-order valence-corrected chi connectivity index (χ2v) is 3.86. The van der Waals surface area contributed by atoms with Gasteiger partial charge in [-0.05, 0) is 24.1 Å². The van der Waals surface area contributed by atoms with Crippen molar-refractivity contribution in [1.29, 1.82) is 0 Å². The molecule has 2 aromatic carbocycles. The summed E-state index contributed by atoms with van der Waals surface area (Å²) >= 11 is 0. The summed E-state index contributed by atoms with van der Waals surface area (Å²) in [5.74, 6) is 0.495. The van der Waals surface area contributed by atoms with Crippen LogP contribution in [0.5, 0.6) is 0 Å². The van der Waals surface area contributed by atoms with E-state index in [-0.39, 0.29) is 0 Å². The van der Waals surface area contributed by atoms with Crippen molar-refractivity contribution in [3.8, 4) is 0 Å². The topological polar surface area (TPSA) is 34.4 Å². The first-order chi connectivity index (χ1) is 8.40. The fourth-order valence-electron chi connectivity index (χ4n) is 1.76. The predicted molar refractivity (Wildman–Crippen MR) is 65.5 cm³/mol. The van der Waals surface area contributed by atoms with Crippen molar-refractivity contribution in [2.45, 2.75) is 12.8 Å². The van der Waals surface area contributed by atoms with E-state index in [2.05, 4.69) is 4.58 Å². The zero-order valence-electron chi connectivity index (χ0n) is 9.50. The van der Waals surface area contributed by atoms with E-state index in [1.807, 2.05) is 60.7 Å². The number of aryl methyl sites for hydroxylation is 1. The average Bonchev–Trinajstić information content (AvgIpc) is 2.42.